The summed E-state index contributed by atoms with van der Waals surface area (Å²) >= 11 is 0. The van der Waals surface area contributed by atoms with Crippen molar-refractivity contribution in [3.8, 4) is 0 Å². The molecular formula is C14H28O7PSi. The van der Waals surface area contributed by atoms with Crippen molar-refractivity contribution in [2.24, 2.45) is 11.3 Å². The lowest BCUT2D eigenvalue weighted by Gasteiger charge is -2.29. The molecule has 0 fully saturated rings. The van der Waals surface area contributed by atoms with Gasteiger partial charge in [0.25, 0.3) is 9.04 Å². The van der Waals surface area contributed by atoms with Crippen molar-refractivity contribution >= 4 is 28.4 Å². The molecule has 0 bridgehead atoms. The van der Waals surface area contributed by atoms with Crippen LogP contribution in [0, 0.1) is 11.3 Å². The van der Waals surface area contributed by atoms with Crippen molar-refractivity contribution in [3.05, 3.63) is 0 Å². The Morgan fingerprint density at radius 3 is 2.00 bits per heavy atom. The Kier molecular flexibility index (Phi) is 9.46. The Balaban J connectivity index is 4.78. The predicted molar refractivity (Wildman–Crippen MR) is 88.3 cm³/mol. The summed E-state index contributed by atoms with van der Waals surface area (Å²) in [5.74, 6) is -1.05. The van der Waals surface area contributed by atoms with Crippen LogP contribution < -0.4 is 0 Å². The minimum atomic E-state index is -3.39. The van der Waals surface area contributed by atoms with E-state index in [1.165, 1.54) is 14.2 Å². The molecule has 0 amide bonds. The molecule has 0 rings (SSSR count). The van der Waals surface area contributed by atoms with Crippen LogP contribution in [0.1, 0.15) is 33.6 Å². The van der Waals surface area contributed by atoms with Gasteiger partial charge in [-0.2, -0.15) is 0 Å². The molecule has 7 nitrogen and oxygen atoms in total. The van der Waals surface area contributed by atoms with E-state index in [1.807, 2.05) is 33.9 Å². The number of carbonyl (C=O) groups is 2. The molecule has 1 unspecified atom stereocenters. The van der Waals surface area contributed by atoms with E-state index >= 15 is 0 Å². The summed E-state index contributed by atoms with van der Waals surface area (Å²) in [6, 6.07) is 0. The normalized spacial score (nSPS) is 13.9. The molecule has 0 aromatic rings. The van der Waals surface area contributed by atoms with E-state index in [-0.39, 0.29) is 36.1 Å². The van der Waals surface area contributed by atoms with Crippen LogP contribution in [0.2, 0.25) is 13.1 Å². The van der Waals surface area contributed by atoms with Gasteiger partial charge in [0.1, 0.15) is 11.9 Å². The van der Waals surface area contributed by atoms with Gasteiger partial charge >= 0.3 is 13.6 Å². The first-order valence-electron chi connectivity index (χ1n) is 7.33. The molecule has 1 atom stereocenters. The van der Waals surface area contributed by atoms with E-state index in [0.717, 1.165) is 0 Å². The van der Waals surface area contributed by atoms with Gasteiger partial charge in [-0.15, -0.1) is 0 Å². The minimum Gasteiger partial charge on any atom is -0.312 e. The van der Waals surface area contributed by atoms with Gasteiger partial charge in [-0.25, -0.2) is 9.37 Å². The van der Waals surface area contributed by atoms with Gasteiger partial charge in [-0.1, -0.05) is 20.8 Å². The van der Waals surface area contributed by atoms with Gasteiger partial charge < -0.3 is 13.9 Å². The summed E-state index contributed by atoms with van der Waals surface area (Å²) in [5.41, 5.74) is -0.301. The maximum absolute atomic E-state index is 12.2. The Morgan fingerprint density at radius 1 is 1.09 bits per heavy atom. The molecular weight excluding hydrogens is 339 g/mol. The summed E-state index contributed by atoms with van der Waals surface area (Å²) < 4.78 is 26.5. The lowest BCUT2D eigenvalue weighted by Crippen LogP contribution is -2.28. The van der Waals surface area contributed by atoms with E-state index in [2.05, 4.69) is 0 Å². The molecule has 0 saturated carbocycles. The van der Waals surface area contributed by atoms with Crippen LogP contribution in [-0.4, -0.2) is 41.2 Å². The van der Waals surface area contributed by atoms with Gasteiger partial charge in [0, 0.05) is 20.6 Å². The third-order valence-corrected chi connectivity index (χ3v) is 5.61. The maximum Gasteiger partial charge on any atom is 0.341 e. The van der Waals surface area contributed by atoms with Crippen molar-refractivity contribution in [1.29, 1.82) is 0 Å². The van der Waals surface area contributed by atoms with Gasteiger partial charge in [-0.05, 0) is 24.4 Å². The van der Waals surface area contributed by atoms with E-state index in [4.69, 9.17) is 18.5 Å². The molecule has 0 aromatic carbocycles. The summed E-state index contributed by atoms with van der Waals surface area (Å²) in [4.78, 5) is 28.8. The zero-order valence-electron chi connectivity index (χ0n) is 15.0. The highest BCUT2D eigenvalue weighted by Crippen LogP contribution is 2.47. The summed E-state index contributed by atoms with van der Waals surface area (Å²) in [7, 11) is -2.05. The minimum absolute atomic E-state index is 0.0503. The summed E-state index contributed by atoms with van der Waals surface area (Å²) in [6.07, 6.45) is -0.171. The highest BCUT2D eigenvalue weighted by atomic mass is 31.2. The third kappa shape index (κ3) is 9.37. The fourth-order valence-electron chi connectivity index (χ4n) is 1.81. The van der Waals surface area contributed by atoms with Gasteiger partial charge in [-0.3, -0.25) is 9.36 Å². The highest BCUT2D eigenvalue weighted by Gasteiger charge is 2.33. The van der Waals surface area contributed by atoms with Crippen molar-refractivity contribution in [2.75, 3.05) is 20.4 Å². The molecule has 0 aliphatic carbocycles. The van der Waals surface area contributed by atoms with Crippen LogP contribution in [0.25, 0.3) is 0 Å². The van der Waals surface area contributed by atoms with Crippen LogP contribution >= 0.6 is 7.60 Å². The first-order chi connectivity index (χ1) is 10.4. The van der Waals surface area contributed by atoms with Crippen molar-refractivity contribution in [1.82, 2.24) is 0 Å². The third-order valence-electron chi connectivity index (χ3n) is 3.34. The first kappa shape index (κ1) is 22.5. The zero-order chi connectivity index (χ0) is 18.3. The Hall–Kier alpha value is -0.533. The lowest BCUT2D eigenvalue weighted by molar-refractivity contribution is -0.218. The monoisotopic (exact) mass is 367 g/mol. The summed E-state index contributed by atoms with van der Waals surface area (Å²) in [5, 5.41) is 0. The van der Waals surface area contributed by atoms with Crippen molar-refractivity contribution < 1.29 is 32.7 Å². The van der Waals surface area contributed by atoms with Gasteiger partial charge in [0.05, 0.1) is 6.42 Å². The van der Waals surface area contributed by atoms with Crippen LogP contribution in [0.3, 0.4) is 0 Å². The fourth-order valence-corrected chi connectivity index (χ4v) is 3.04. The fraction of sp³-hybridized carbons (Fsp3) is 0.857. The van der Waals surface area contributed by atoms with E-state index in [1.54, 1.807) is 0 Å². The topological polar surface area (TPSA) is 88.1 Å². The number of ketones is 1. The Bertz CT molecular complexity index is 437. The second-order valence-electron chi connectivity index (χ2n) is 6.59. The molecule has 0 spiro atoms. The molecule has 0 aromatic heterocycles. The molecule has 0 saturated heterocycles. The predicted octanol–water partition coefficient (Wildman–Crippen LogP) is 3.21. The number of Topliss-reactive ketones (excluding diaryl/α,β-unsaturated/α-hetero) is 1. The molecule has 135 valence electrons. The summed E-state index contributed by atoms with van der Waals surface area (Å²) in [6.45, 7) is 9.48. The van der Waals surface area contributed by atoms with Crippen LogP contribution in [0.5, 0.6) is 0 Å². The largest absolute Gasteiger partial charge is 0.341 e. The second kappa shape index (κ2) is 9.69. The lowest BCUT2D eigenvalue weighted by atomic mass is 9.76. The van der Waals surface area contributed by atoms with Gasteiger partial charge in [0.15, 0.2) is 0 Å². The van der Waals surface area contributed by atoms with E-state index < -0.39 is 22.6 Å². The van der Waals surface area contributed by atoms with Crippen LogP contribution in [0.4, 0.5) is 0 Å². The molecule has 0 N–H and O–H groups in total. The highest BCUT2D eigenvalue weighted by molar-refractivity contribution is 7.54. The van der Waals surface area contributed by atoms with Crippen molar-refractivity contribution in [2.45, 2.75) is 46.7 Å². The number of carbonyl (C=O) groups excluding carboxylic acids is 2. The second-order valence-corrected chi connectivity index (χ2v) is 10.8. The molecule has 0 aliphatic rings. The maximum atomic E-state index is 12.2. The number of hydrogen-bond donors (Lipinski definition) is 0. The zero-order valence-corrected chi connectivity index (χ0v) is 16.9. The van der Waals surface area contributed by atoms with E-state index in [0.29, 0.717) is 0 Å². The van der Waals surface area contributed by atoms with Crippen LogP contribution in [0.15, 0.2) is 0 Å². The van der Waals surface area contributed by atoms with E-state index in [9.17, 15) is 14.2 Å². The molecule has 0 heterocycles. The Morgan fingerprint density at radius 2 is 1.61 bits per heavy atom. The van der Waals surface area contributed by atoms with Crippen LogP contribution in [-0.2, 0) is 32.7 Å². The Labute approximate surface area is 140 Å². The smallest absolute Gasteiger partial charge is 0.312 e. The molecule has 0 aliphatic heterocycles. The molecule has 9 heteroatoms. The average Bonchev–Trinajstić information content (AvgIpc) is 2.43. The first-order valence-corrected chi connectivity index (χ1v) is 11.5. The van der Waals surface area contributed by atoms with Gasteiger partial charge in [0.2, 0.25) is 0 Å². The molecule has 1 radical (unpaired) electrons. The number of rotatable bonds is 10. The quantitative estimate of drug-likeness (QED) is 0.253. The SMILES string of the molecule is COP(=O)(CC(=O)CC(CC(=O)OO[Si](C)C)C(C)(C)C)OC. The average molecular weight is 367 g/mol. The standard InChI is InChI=1S/C14H28O7PSi/c1-14(2,3)11(9-13(16)20-21-23(6)7)8-12(15)10-22(17,18-4)19-5/h11H,8-10H2,1-7H3. The number of hydrogen-bond acceptors (Lipinski definition) is 7. The van der Waals surface area contributed by atoms with Crippen molar-refractivity contribution in [3.63, 3.8) is 0 Å². The molecule has 23 heavy (non-hydrogen) atoms.